The predicted octanol–water partition coefficient (Wildman–Crippen LogP) is 6.55. The van der Waals surface area contributed by atoms with Crippen LogP contribution in [0.1, 0.15) is 64.9 Å². The Kier molecular flexibility index (Phi) is 9.53. The molecule has 1 aromatic heterocycles. The van der Waals surface area contributed by atoms with Crippen LogP contribution in [0.5, 0.6) is 0 Å². The Morgan fingerprint density at radius 3 is 2.54 bits per heavy atom. The number of carboxylic acid groups (broad SMARTS) is 1. The van der Waals surface area contributed by atoms with E-state index in [0.717, 1.165) is 46.1 Å². The molecule has 1 saturated carbocycles. The Morgan fingerprint density at radius 1 is 1.05 bits per heavy atom. The molecule has 1 heterocycles. The Hall–Kier alpha value is -2.96. The lowest BCUT2D eigenvalue weighted by atomic mass is 9.87. The van der Waals surface area contributed by atoms with Crippen LogP contribution in [0.4, 0.5) is 0 Å². The molecule has 2 aromatic carbocycles. The summed E-state index contributed by atoms with van der Waals surface area (Å²) in [5.41, 5.74) is 4.56. The van der Waals surface area contributed by atoms with Gasteiger partial charge < -0.3 is 15.3 Å². The van der Waals surface area contributed by atoms with Gasteiger partial charge in [0.1, 0.15) is 6.04 Å². The third-order valence-corrected chi connectivity index (χ3v) is 8.35. The standard InChI is InChI=1S/C31H38N2O3S/c1-22-9-6-7-13-26(22)28-19-24(21-33(2)17-16-23-10-4-3-5-11-23)14-15-27(28)30(34)32-29(31(35)36)20-25-12-8-18-37-25/h6-9,12-15,18-19,23,29H,3-5,10-11,16-17,20-21H2,1-2H3,(H,32,34)(H,35,36)/t29-/m0/s1. The van der Waals surface area contributed by atoms with Gasteiger partial charge in [-0.05, 0) is 78.7 Å². The first kappa shape index (κ1) is 27.1. The number of carbonyl (C=O) groups excluding carboxylic acids is 1. The molecule has 1 aliphatic rings. The zero-order valence-corrected chi connectivity index (χ0v) is 22.7. The maximum atomic E-state index is 13.4. The molecule has 1 fully saturated rings. The van der Waals surface area contributed by atoms with E-state index in [2.05, 4.69) is 23.3 Å². The predicted molar refractivity (Wildman–Crippen MR) is 151 cm³/mol. The number of carboxylic acids is 1. The normalized spacial score (nSPS) is 15.0. The molecule has 37 heavy (non-hydrogen) atoms. The molecule has 0 saturated heterocycles. The van der Waals surface area contributed by atoms with Gasteiger partial charge in [0.05, 0.1) is 0 Å². The second kappa shape index (κ2) is 13.0. The fourth-order valence-electron chi connectivity index (χ4n) is 5.32. The highest BCUT2D eigenvalue weighted by molar-refractivity contribution is 7.09. The molecule has 1 amide bonds. The van der Waals surface area contributed by atoms with Gasteiger partial charge >= 0.3 is 5.97 Å². The lowest BCUT2D eigenvalue weighted by Crippen LogP contribution is -2.42. The summed E-state index contributed by atoms with van der Waals surface area (Å²) < 4.78 is 0. The van der Waals surface area contributed by atoms with Gasteiger partial charge in [0.25, 0.3) is 5.91 Å². The first-order valence-electron chi connectivity index (χ1n) is 13.3. The zero-order chi connectivity index (χ0) is 26.2. The van der Waals surface area contributed by atoms with E-state index in [-0.39, 0.29) is 12.3 Å². The lowest BCUT2D eigenvalue weighted by molar-refractivity contribution is -0.139. The van der Waals surface area contributed by atoms with E-state index in [1.54, 1.807) is 0 Å². The molecule has 1 aliphatic carbocycles. The van der Waals surface area contributed by atoms with Gasteiger partial charge in [0.2, 0.25) is 0 Å². The first-order valence-corrected chi connectivity index (χ1v) is 14.2. The number of aryl methyl sites for hydroxylation is 1. The van der Waals surface area contributed by atoms with Crippen molar-refractivity contribution in [1.29, 1.82) is 0 Å². The molecule has 6 heteroatoms. The maximum absolute atomic E-state index is 13.4. The summed E-state index contributed by atoms with van der Waals surface area (Å²) in [6.07, 6.45) is 8.35. The number of nitrogens with zero attached hydrogens (tertiary/aromatic N) is 1. The number of amides is 1. The van der Waals surface area contributed by atoms with Crippen molar-refractivity contribution in [2.24, 2.45) is 5.92 Å². The fraction of sp³-hybridized carbons (Fsp3) is 0.419. The molecular formula is C31H38N2O3S. The van der Waals surface area contributed by atoms with Crippen LogP contribution in [0.3, 0.4) is 0 Å². The fourth-order valence-corrected chi connectivity index (χ4v) is 6.07. The van der Waals surface area contributed by atoms with Crippen molar-refractivity contribution in [3.05, 3.63) is 81.5 Å². The first-order chi connectivity index (χ1) is 17.9. The number of aliphatic carboxylic acids is 1. The highest BCUT2D eigenvalue weighted by Crippen LogP contribution is 2.30. The molecule has 4 rings (SSSR count). The van der Waals surface area contributed by atoms with Crippen molar-refractivity contribution in [2.45, 2.75) is 64.5 Å². The Labute approximate surface area is 224 Å². The minimum absolute atomic E-state index is 0.266. The summed E-state index contributed by atoms with van der Waals surface area (Å²) in [5.74, 6) is -0.545. The number of hydrogen-bond acceptors (Lipinski definition) is 4. The molecule has 1 atom stereocenters. The van der Waals surface area contributed by atoms with Crippen molar-refractivity contribution >= 4 is 23.2 Å². The Balaban J connectivity index is 1.53. The molecule has 0 spiro atoms. The molecule has 3 aromatic rings. The minimum atomic E-state index is -1.03. The quantitative estimate of drug-likeness (QED) is 0.302. The van der Waals surface area contributed by atoms with Crippen molar-refractivity contribution in [3.8, 4) is 11.1 Å². The van der Waals surface area contributed by atoms with Gasteiger partial charge in [-0.2, -0.15) is 0 Å². The highest BCUT2D eigenvalue weighted by atomic mass is 32.1. The average Bonchev–Trinajstić information content (AvgIpc) is 3.41. The summed E-state index contributed by atoms with van der Waals surface area (Å²) in [5, 5.41) is 14.5. The summed E-state index contributed by atoms with van der Waals surface area (Å²) in [6.45, 7) is 3.91. The lowest BCUT2D eigenvalue weighted by Gasteiger charge is -2.25. The number of carbonyl (C=O) groups is 2. The van der Waals surface area contributed by atoms with E-state index in [9.17, 15) is 14.7 Å². The summed E-state index contributed by atoms with van der Waals surface area (Å²) in [6, 6.07) is 16.8. The highest BCUT2D eigenvalue weighted by Gasteiger charge is 2.24. The third-order valence-electron chi connectivity index (χ3n) is 7.45. The van der Waals surface area contributed by atoms with Crippen molar-refractivity contribution < 1.29 is 14.7 Å². The summed E-state index contributed by atoms with van der Waals surface area (Å²) in [7, 11) is 2.17. The van der Waals surface area contributed by atoms with Crippen molar-refractivity contribution in [2.75, 3.05) is 13.6 Å². The van der Waals surface area contributed by atoms with Crippen LogP contribution in [-0.4, -0.2) is 41.5 Å². The van der Waals surface area contributed by atoms with Gasteiger partial charge in [0.15, 0.2) is 0 Å². The Bertz CT molecular complexity index is 1180. The van der Waals surface area contributed by atoms with Crippen LogP contribution in [-0.2, 0) is 17.8 Å². The summed E-state index contributed by atoms with van der Waals surface area (Å²) >= 11 is 1.49. The van der Waals surface area contributed by atoms with E-state index >= 15 is 0 Å². The number of thiophene rings is 1. The van der Waals surface area contributed by atoms with E-state index in [1.807, 2.05) is 60.8 Å². The van der Waals surface area contributed by atoms with Crippen LogP contribution in [0.2, 0.25) is 0 Å². The second-order valence-electron chi connectivity index (χ2n) is 10.4. The second-order valence-corrected chi connectivity index (χ2v) is 11.4. The SMILES string of the molecule is Cc1ccccc1-c1cc(CN(C)CCC2CCCCC2)ccc1C(=O)N[C@@H](Cc1cccs1)C(=O)O. The molecule has 0 radical (unpaired) electrons. The minimum Gasteiger partial charge on any atom is -0.480 e. The topological polar surface area (TPSA) is 69.6 Å². The average molecular weight is 519 g/mol. The van der Waals surface area contributed by atoms with Gasteiger partial charge in [-0.15, -0.1) is 11.3 Å². The number of benzene rings is 2. The largest absolute Gasteiger partial charge is 0.480 e. The van der Waals surface area contributed by atoms with E-state index in [4.69, 9.17) is 0 Å². The smallest absolute Gasteiger partial charge is 0.326 e. The third kappa shape index (κ3) is 7.53. The van der Waals surface area contributed by atoms with Gasteiger partial charge in [-0.3, -0.25) is 4.79 Å². The van der Waals surface area contributed by atoms with Crippen LogP contribution in [0.15, 0.2) is 60.0 Å². The number of rotatable bonds is 11. The molecule has 0 aliphatic heterocycles. The van der Waals surface area contributed by atoms with Crippen LogP contribution >= 0.6 is 11.3 Å². The van der Waals surface area contributed by atoms with E-state index in [1.165, 1.54) is 49.9 Å². The van der Waals surface area contributed by atoms with E-state index < -0.39 is 12.0 Å². The Morgan fingerprint density at radius 2 is 1.84 bits per heavy atom. The van der Waals surface area contributed by atoms with Gasteiger partial charge in [0, 0.05) is 23.4 Å². The van der Waals surface area contributed by atoms with Gasteiger partial charge in [-0.25, -0.2) is 4.79 Å². The zero-order valence-electron chi connectivity index (χ0n) is 21.9. The molecule has 196 valence electrons. The van der Waals surface area contributed by atoms with Crippen LogP contribution in [0, 0.1) is 12.8 Å². The monoisotopic (exact) mass is 518 g/mol. The number of hydrogen-bond donors (Lipinski definition) is 2. The van der Waals surface area contributed by atoms with Crippen LogP contribution in [0.25, 0.3) is 11.1 Å². The molecule has 0 bridgehead atoms. The molecule has 5 nitrogen and oxygen atoms in total. The number of nitrogens with one attached hydrogen (secondary N) is 1. The van der Waals surface area contributed by atoms with Crippen LogP contribution < -0.4 is 5.32 Å². The maximum Gasteiger partial charge on any atom is 0.326 e. The molecule has 0 unspecified atom stereocenters. The van der Waals surface area contributed by atoms with E-state index in [0.29, 0.717) is 5.56 Å². The summed E-state index contributed by atoms with van der Waals surface area (Å²) in [4.78, 5) is 28.7. The molecular weight excluding hydrogens is 480 g/mol. The van der Waals surface area contributed by atoms with Crippen molar-refractivity contribution in [1.82, 2.24) is 10.2 Å². The van der Waals surface area contributed by atoms with Crippen molar-refractivity contribution in [3.63, 3.8) is 0 Å². The van der Waals surface area contributed by atoms with Gasteiger partial charge in [-0.1, -0.05) is 68.5 Å². The molecule has 2 N–H and O–H groups in total.